The van der Waals surface area contributed by atoms with Crippen LogP contribution in [0.15, 0.2) is 76.6 Å². The molecule has 6 rings (SSSR count). The summed E-state index contributed by atoms with van der Waals surface area (Å²) in [7, 11) is 0. The average molecular weight is 578 g/mol. The molecule has 4 aromatic rings. The molecule has 0 saturated carbocycles. The smallest absolute Gasteiger partial charge is 0.301 e. The van der Waals surface area contributed by atoms with Gasteiger partial charge in [0.2, 0.25) is 5.13 Å². The van der Waals surface area contributed by atoms with Crippen LogP contribution in [0, 0.1) is 5.82 Å². The fourth-order valence-electron chi connectivity index (χ4n) is 4.50. The van der Waals surface area contributed by atoms with E-state index in [1.54, 1.807) is 48.5 Å². The van der Waals surface area contributed by atoms with Gasteiger partial charge in [0.25, 0.3) is 5.78 Å². The number of anilines is 1. The number of aromatic hydroxyl groups is 1. The number of Topliss-reactive ketones (excluding diaryl/α,β-unsaturated/α-hetero) is 1. The zero-order valence-electron chi connectivity index (χ0n) is 20.6. The summed E-state index contributed by atoms with van der Waals surface area (Å²) in [5.41, 5.74) is 0.951. The van der Waals surface area contributed by atoms with Crippen LogP contribution in [0.4, 0.5) is 9.52 Å². The van der Waals surface area contributed by atoms with Crippen molar-refractivity contribution in [1.29, 1.82) is 0 Å². The third-order valence-corrected chi connectivity index (χ3v) is 8.46. The lowest BCUT2D eigenvalue weighted by molar-refractivity contribution is -0.132. The van der Waals surface area contributed by atoms with E-state index in [1.807, 2.05) is 0 Å². The normalized spacial score (nSPS) is 17.8. The van der Waals surface area contributed by atoms with E-state index in [1.165, 1.54) is 30.0 Å². The lowest BCUT2D eigenvalue weighted by Gasteiger charge is -2.23. The van der Waals surface area contributed by atoms with Crippen molar-refractivity contribution in [3.05, 3.63) is 94.8 Å². The lowest BCUT2D eigenvalue weighted by atomic mass is 9.95. The second kappa shape index (κ2) is 10.6. The van der Waals surface area contributed by atoms with Crippen LogP contribution < -0.4 is 14.4 Å². The summed E-state index contributed by atoms with van der Waals surface area (Å²) in [5.74, 6) is -1.47. The predicted octanol–water partition coefficient (Wildman–Crippen LogP) is 5.07. The highest BCUT2D eigenvalue weighted by atomic mass is 32.2. The van der Waals surface area contributed by atoms with Crippen LogP contribution in [0.25, 0.3) is 5.76 Å². The zero-order valence-corrected chi connectivity index (χ0v) is 22.2. The number of nitrogens with zero attached hydrogens (tertiary/aromatic N) is 3. The maximum atomic E-state index is 14.1. The molecule has 202 valence electrons. The Hall–Kier alpha value is -4.42. The molecule has 12 heteroatoms. The summed E-state index contributed by atoms with van der Waals surface area (Å²) in [6, 6.07) is 16.1. The van der Waals surface area contributed by atoms with Gasteiger partial charge in [-0.15, -0.1) is 10.2 Å². The number of aliphatic hydroxyl groups excluding tert-OH is 1. The molecule has 0 spiro atoms. The number of ether oxygens (including phenoxy) is 2. The van der Waals surface area contributed by atoms with E-state index in [4.69, 9.17) is 9.47 Å². The third-order valence-electron chi connectivity index (χ3n) is 6.36. The highest BCUT2D eigenvalue weighted by molar-refractivity contribution is 8.00. The number of rotatable bonds is 6. The number of aliphatic hydroxyl groups is 1. The molecule has 1 amide bonds. The molecule has 1 atom stereocenters. The fraction of sp³-hybridized carbons (Fsp3) is 0.143. The number of carbonyl (C=O) groups is 2. The molecule has 1 fully saturated rings. The molecule has 3 aromatic carbocycles. The number of hydrogen-bond donors (Lipinski definition) is 2. The van der Waals surface area contributed by atoms with Gasteiger partial charge in [0, 0.05) is 11.3 Å². The Kier molecular flexibility index (Phi) is 6.86. The van der Waals surface area contributed by atoms with Crippen molar-refractivity contribution >= 4 is 45.7 Å². The van der Waals surface area contributed by atoms with Gasteiger partial charge in [-0.1, -0.05) is 53.4 Å². The first kappa shape index (κ1) is 25.8. The van der Waals surface area contributed by atoms with Gasteiger partial charge in [-0.3, -0.25) is 14.5 Å². The Bertz CT molecular complexity index is 1670. The van der Waals surface area contributed by atoms with Crippen LogP contribution in [0.3, 0.4) is 0 Å². The van der Waals surface area contributed by atoms with Gasteiger partial charge < -0.3 is 19.7 Å². The van der Waals surface area contributed by atoms with Crippen LogP contribution >= 0.6 is 23.1 Å². The van der Waals surface area contributed by atoms with Crippen LogP contribution in [0.2, 0.25) is 0 Å². The molecule has 2 N–H and O–H groups in total. The Morgan fingerprint density at radius 2 is 1.82 bits per heavy atom. The van der Waals surface area contributed by atoms with Crippen molar-refractivity contribution in [1.82, 2.24) is 10.2 Å². The van der Waals surface area contributed by atoms with Crippen LogP contribution in [-0.4, -0.2) is 45.3 Å². The number of halogens is 1. The number of fused-ring (bicyclic) bond motifs is 1. The molecular formula is C28H20FN3O6S2. The molecule has 2 aliphatic rings. The topological polar surface area (TPSA) is 122 Å². The minimum Gasteiger partial charge on any atom is -0.508 e. The number of thioether (sulfide) groups is 1. The average Bonchev–Trinajstić information content (AvgIpc) is 3.54. The number of amides is 1. The molecule has 2 aliphatic heterocycles. The van der Waals surface area contributed by atoms with Crippen molar-refractivity contribution in [2.45, 2.75) is 16.1 Å². The van der Waals surface area contributed by atoms with Crippen molar-refractivity contribution in [3.8, 4) is 17.2 Å². The van der Waals surface area contributed by atoms with Crippen molar-refractivity contribution < 1.29 is 33.7 Å². The quantitative estimate of drug-likeness (QED) is 0.106. The Morgan fingerprint density at radius 3 is 2.62 bits per heavy atom. The van der Waals surface area contributed by atoms with Crippen LogP contribution in [0.5, 0.6) is 17.2 Å². The summed E-state index contributed by atoms with van der Waals surface area (Å²) >= 11 is 2.30. The highest BCUT2D eigenvalue weighted by Gasteiger charge is 2.48. The monoisotopic (exact) mass is 577 g/mol. The molecule has 9 nitrogen and oxygen atoms in total. The highest BCUT2D eigenvalue weighted by Crippen LogP contribution is 2.45. The molecule has 0 aliphatic carbocycles. The SMILES string of the molecule is O=C1C(=O)N(c2nnc(SCc3ccccc3F)s2)C(c2cccc(O)c2)/C1=C(\O)c1ccc2c(c1)OCCO2. The number of ketones is 1. The second-order valence-corrected chi connectivity index (χ2v) is 11.0. The molecule has 0 radical (unpaired) electrons. The first-order valence-electron chi connectivity index (χ1n) is 12.1. The number of phenols is 1. The summed E-state index contributed by atoms with van der Waals surface area (Å²) < 4.78 is 25.7. The van der Waals surface area contributed by atoms with E-state index < -0.39 is 23.5 Å². The first-order chi connectivity index (χ1) is 19.4. The first-order valence-corrected chi connectivity index (χ1v) is 13.9. The van der Waals surface area contributed by atoms with Crippen LogP contribution in [-0.2, 0) is 15.3 Å². The third kappa shape index (κ3) is 4.75. The Balaban J connectivity index is 1.39. The van der Waals surface area contributed by atoms with Crippen LogP contribution in [0.1, 0.15) is 22.7 Å². The minimum absolute atomic E-state index is 0.0826. The van der Waals surface area contributed by atoms with Gasteiger partial charge in [-0.2, -0.15) is 0 Å². The Labute approximate surface area is 235 Å². The van der Waals surface area contributed by atoms with E-state index in [9.17, 15) is 24.2 Å². The van der Waals surface area contributed by atoms with E-state index in [0.29, 0.717) is 45.9 Å². The summed E-state index contributed by atoms with van der Waals surface area (Å²) in [5, 5.41) is 29.9. The molecule has 1 aromatic heterocycles. The van der Waals surface area contributed by atoms with Gasteiger partial charge in [-0.25, -0.2) is 4.39 Å². The van der Waals surface area contributed by atoms with Gasteiger partial charge in [0.1, 0.15) is 30.5 Å². The van der Waals surface area contributed by atoms with E-state index >= 15 is 0 Å². The van der Waals surface area contributed by atoms with Crippen molar-refractivity contribution in [2.24, 2.45) is 0 Å². The number of aromatic nitrogens is 2. The fourth-order valence-corrected chi connectivity index (χ4v) is 6.35. The van der Waals surface area contributed by atoms with E-state index in [-0.39, 0.29) is 27.8 Å². The summed E-state index contributed by atoms with van der Waals surface area (Å²) in [6.45, 7) is 0.725. The summed E-state index contributed by atoms with van der Waals surface area (Å²) in [4.78, 5) is 27.9. The number of hydrogen-bond acceptors (Lipinski definition) is 10. The Morgan fingerprint density at radius 1 is 1.02 bits per heavy atom. The molecular weight excluding hydrogens is 557 g/mol. The van der Waals surface area contributed by atoms with Gasteiger partial charge in [0.15, 0.2) is 15.8 Å². The van der Waals surface area contributed by atoms with Gasteiger partial charge in [0.05, 0.1) is 11.6 Å². The molecule has 1 unspecified atom stereocenters. The molecule has 1 saturated heterocycles. The van der Waals surface area contributed by atoms with Gasteiger partial charge >= 0.3 is 5.91 Å². The van der Waals surface area contributed by atoms with Gasteiger partial charge in [-0.05, 0) is 47.5 Å². The standard InChI is InChI=1S/C28H20FN3O6S2/c29-19-7-2-1-4-17(19)14-39-28-31-30-27(40-28)32-23(15-5-3-6-18(33)12-15)22(25(35)26(32)36)24(34)16-8-9-20-21(13-16)38-11-10-37-20/h1-9,12-13,23,33-34H,10-11,14H2/b24-22+. The van der Waals surface area contributed by atoms with E-state index in [2.05, 4.69) is 10.2 Å². The maximum Gasteiger partial charge on any atom is 0.301 e. The van der Waals surface area contributed by atoms with E-state index in [0.717, 1.165) is 16.2 Å². The lowest BCUT2D eigenvalue weighted by Crippen LogP contribution is -2.29. The summed E-state index contributed by atoms with van der Waals surface area (Å²) in [6.07, 6.45) is 0. The number of benzene rings is 3. The number of carbonyl (C=O) groups excluding carboxylic acids is 2. The predicted molar refractivity (Wildman–Crippen MR) is 146 cm³/mol. The van der Waals surface area contributed by atoms with Crippen molar-refractivity contribution in [2.75, 3.05) is 18.1 Å². The molecule has 0 bridgehead atoms. The molecule has 40 heavy (non-hydrogen) atoms. The zero-order chi connectivity index (χ0) is 27.8. The second-order valence-electron chi connectivity index (χ2n) is 8.85. The van der Waals surface area contributed by atoms with Crippen molar-refractivity contribution in [3.63, 3.8) is 0 Å². The number of phenolic OH excluding ortho intramolecular Hbond substituents is 1. The maximum absolute atomic E-state index is 14.1. The minimum atomic E-state index is -1.10. The largest absolute Gasteiger partial charge is 0.508 e. The molecule has 3 heterocycles.